The fourth-order valence-corrected chi connectivity index (χ4v) is 1.95. The van der Waals surface area contributed by atoms with Crippen LogP contribution in [-0.4, -0.2) is 16.8 Å². The molecule has 0 bridgehead atoms. The Morgan fingerprint density at radius 2 is 1.67 bits per heavy atom. The van der Waals surface area contributed by atoms with Crippen molar-refractivity contribution in [3.63, 3.8) is 0 Å². The minimum Gasteiger partial charge on any atom is -0.435 e. The zero-order valence-corrected chi connectivity index (χ0v) is 12.2. The van der Waals surface area contributed by atoms with Gasteiger partial charge in [0.1, 0.15) is 11.6 Å². The zero-order chi connectivity index (χ0) is 16.9. The summed E-state index contributed by atoms with van der Waals surface area (Å²) in [5, 5.41) is 3.81. The summed E-state index contributed by atoms with van der Waals surface area (Å²) >= 11 is 0. The number of aromatic nitrogens is 2. The summed E-state index contributed by atoms with van der Waals surface area (Å²) in [4.78, 5) is 4.17. The van der Waals surface area contributed by atoms with Gasteiger partial charge in [-0.25, -0.2) is 4.39 Å². The summed E-state index contributed by atoms with van der Waals surface area (Å²) in [7, 11) is 0. The molecule has 0 aliphatic carbocycles. The molecule has 4 nitrogen and oxygen atoms in total. The molecular formula is C17H11F3N2O2. The molecule has 0 spiro atoms. The molecule has 24 heavy (non-hydrogen) atoms. The molecule has 7 heteroatoms. The second-order valence-electron chi connectivity index (χ2n) is 4.74. The lowest BCUT2D eigenvalue weighted by Crippen LogP contribution is -2.01. The van der Waals surface area contributed by atoms with E-state index in [9.17, 15) is 13.2 Å². The molecule has 0 aliphatic heterocycles. The summed E-state index contributed by atoms with van der Waals surface area (Å²) in [6, 6.07) is 11.8. The Hall–Kier alpha value is -3.09. The third kappa shape index (κ3) is 4.01. The highest BCUT2D eigenvalue weighted by molar-refractivity contribution is 5.67. The Bertz CT molecular complexity index is 828. The van der Waals surface area contributed by atoms with Gasteiger partial charge in [-0.2, -0.15) is 13.8 Å². The van der Waals surface area contributed by atoms with Crippen LogP contribution in [0, 0.1) is 5.82 Å². The van der Waals surface area contributed by atoms with Gasteiger partial charge in [0.25, 0.3) is 5.89 Å². The number of ether oxygens (including phenoxy) is 1. The highest BCUT2D eigenvalue weighted by atomic mass is 19.3. The molecule has 0 N–H and O–H groups in total. The van der Waals surface area contributed by atoms with Gasteiger partial charge in [-0.1, -0.05) is 17.3 Å². The van der Waals surface area contributed by atoms with Gasteiger partial charge in [-0.15, -0.1) is 0 Å². The molecule has 0 saturated heterocycles. The maximum Gasteiger partial charge on any atom is 0.387 e. The normalized spacial score (nSPS) is 11.3. The summed E-state index contributed by atoms with van der Waals surface area (Å²) in [6.45, 7) is -2.85. The molecule has 0 fully saturated rings. The molecule has 3 aromatic rings. The predicted molar refractivity (Wildman–Crippen MR) is 81.7 cm³/mol. The van der Waals surface area contributed by atoms with Gasteiger partial charge in [0.15, 0.2) is 0 Å². The Morgan fingerprint density at radius 3 is 2.33 bits per heavy atom. The minimum absolute atomic E-state index is 0.0820. The third-order valence-electron chi connectivity index (χ3n) is 3.07. The number of hydrogen-bond donors (Lipinski definition) is 0. The monoisotopic (exact) mass is 332 g/mol. The van der Waals surface area contributed by atoms with Crippen LogP contribution in [0.2, 0.25) is 0 Å². The SMILES string of the molecule is Fc1ccc(-c2noc(/C=C\c3ccc(OC(F)F)cc3)n2)cc1. The molecular weight excluding hydrogens is 321 g/mol. The van der Waals surface area contributed by atoms with Gasteiger partial charge in [0, 0.05) is 11.6 Å². The van der Waals surface area contributed by atoms with Crippen molar-refractivity contribution in [2.75, 3.05) is 0 Å². The first-order valence-corrected chi connectivity index (χ1v) is 6.93. The summed E-state index contributed by atoms with van der Waals surface area (Å²) < 4.78 is 46.4. The van der Waals surface area contributed by atoms with Gasteiger partial charge in [0.2, 0.25) is 5.82 Å². The number of rotatable bonds is 5. The van der Waals surface area contributed by atoms with Gasteiger partial charge < -0.3 is 9.26 Å². The van der Waals surface area contributed by atoms with Crippen molar-refractivity contribution in [1.29, 1.82) is 0 Å². The van der Waals surface area contributed by atoms with E-state index in [4.69, 9.17) is 4.52 Å². The van der Waals surface area contributed by atoms with E-state index in [1.165, 1.54) is 24.3 Å². The molecule has 0 unspecified atom stereocenters. The maximum atomic E-state index is 12.9. The Morgan fingerprint density at radius 1 is 0.958 bits per heavy atom. The van der Waals surface area contributed by atoms with E-state index in [0.29, 0.717) is 11.4 Å². The first-order valence-electron chi connectivity index (χ1n) is 6.93. The van der Waals surface area contributed by atoms with E-state index in [1.807, 2.05) is 0 Å². The highest BCUT2D eigenvalue weighted by Crippen LogP contribution is 2.18. The van der Waals surface area contributed by atoms with E-state index in [2.05, 4.69) is 14.9 Å². The molecule has 3 rings (SSSR count). The lowest BCUT2D eigenvalue weighted by Gasteiger charge is -2.03. The minimum atomic E-state index is -2.85. The largest absolute Gasteiger partial charge is 0.435 e. The lowest BCUT2D eigenvalue weighted by molar-refractivity contribution is -0.0498. The van der Waals surface area contributed by atoms with E-state index in [-0.39, 0.29) is 17.5 Å². The van der Waals surface area contributed by atoms with Crippen molar-refractivity contribution in [3.8, 4) is 17.1 Å². The standard InChI is InChI=1S/C17H11F3N2O2/c18-13-6-4-12(5-7-13)16-21-15(24-22-16)10-3-11-1-8-14(9-2-11)23-17(19)20/h1-10,17H/b10-3-. The second kappa shape index (κ2) is 6.99. The van der Waals surface area contributed by atoms with E-state index < -0.39 is 6.61 Å². The number of benzene rings is 2. The van der Waals surface area contributed by atoms with E-state index >= 15 is 0 Å². The molecule has 1 heterocycles. The first kappa shape index (κ1) is 15.8. The van der Waals surface area contributed by atoms with Crippen molar-refractivity contribution in [1.82, 2.24) is 10.1 Å². The van der Waals surface area contributed by atoms with Crippen LogP contribution in [0.3, 0.4) is 0 Å². The lowest BCUT2D eigenvalue weighted by atomic mass is 10.2. The molecule has 0 amide bonds. The van der Waals surface area contributed by atoms with E-state index in [1.54, 1.807) is 36.4 Å². The highest BCUT2D eigenvalue weighted by Gasteiger charge is 2.07. The topological polar surface area (TPSA) is 48.2 Å². The van der Waals surface area contributed by atoms with Crippen LogP contribution in [0.5, 0.6) is 5.75 Å². The average Bonchev–Trinajstić information content (AvgIpc) is 3.03. The van der Waals surface area contributed by atoms with Gasteiger partial charge >= 0.3 is 6.61 Å². The molecule has 0 atom stereocenters. The van der Waals surface area contributed by atoms with Crippen LogP contribution in [0.4, 0.5) is 13.2 Å². The molecule has 1 aromatic heterocycles. The van der Waals surface area contributed by atoms with Crippen LogP contribution in [0.15, 0.2) is 53.1 Å². The fourth-order valence-electron chi connectivity index (χ4n) is 1.95. The van der Waals surface area contributed by atoms with Crippen LogP contribution >= 0.6 is 0 Å². The molecule has 0 aliphatic rings. The predicted octanol–water partition coefficient (Wildman–Crippen LogP) is 4.65. The molecule has 0 saturated carbocycles. The summed E-state index contributed by atoms with van der Waals surface area (Å²) in [5.74, 6) is 0.345. The van der Waals surface area contributed by atoms with Crippen LogP contribution in [0.1, 0.15) is 11.5 Å². The van der Waals surface area contributed by atoms with Crippen molar-refractivity contribution < 1.29 is 22.4 Å². The van der Waals surface area contributed by atoms with Gasteiger partial charge in [-0.3, -0.25) is 0 Å². The van der Waals surface area contributed by atoms with Crippen molar-refractivity contribution >= 4 is 12.2 Å². The van der Waals surface area contributed by atoms with Crippen molar-refractivity contribution in [2.24, 2.45) is 0 Å². The quantitative estimate of drug-likeness (QED) is 0.682. The first-order chi connectivity index (χ1) is 11.6. The molecule has 2 aromatic carbocycles. The second-order valence-corrected chi connectivity index (χ2v) is 4.74. The van der Waals surface area contributed by atoms with Crippen LogP contribution < -0.4 is 4.74 Å². The van der Waals surface area contributed by atoms with Gasteiger partial charge in [0.05, 0.1) is 0 Å². The smallest absolute Gasteiger partial charge is 0.387 e. The Labute approximate surface area is 135 Å². The van der Waals surface area contributed by atoms with Gasteiger partial charge in [-0.05, 0) is 48.0 Å². The number of halogens is 3. The Kier molecular flexibility index (Phi) is 4.60. The van der Waals surface area contributed by atoms with Crippen molar-refractivity contribution in [3.05, 3.63) is 65.8 Å². The average molecular weight is 332 g/mol. The summed E-state index contributed by atoms with van der Waals surface area (Å²) in [6.07, 6.45) is 3.27. The molecule has 0 radical (unpaired) electrons. The third-order valence-corrected chi connectivity index (χ3v) is 3.07. The maximum absolute atomic E-state index is 12.9. The van der Waals surface area contributed by atoms with Crippen LogP contribution in [-0.2, 0) is 0 Å². The number of hydrogen-bond acceptors (Lipinski definition) is 4. The fraction of sp³-hybridized carbons (Fsp3) is 0.0588. The Balaban J connectivity index is 1.70. The number of alkyl halides is 2. The van der Waals surface area contributed by atoms with E-state index in [0.717, 1.165) is 5.56 Å². The molecule has 122 valence electrons. The summed E-state index contributed by atoms with van der Waals surface area (Å²) in [5.41, 5.74) is 1.38. The zero-order valence-electron chi connectivity index (χ0n) is 12.2. The number of nitrogens with zero attached hydrogens (tertiary/aromatic N) is 2. The van der Waals surface area contributed by atoms with Crippen LogP contribution in [0.25, 0.3) is 23.5 Å². The van der Waals surface area contributed by atoms with Crippen molar-refractivity contribution in [2.45, 2.75) is 6.61 Å².